The van der Waals surface area contributed by atoms with Crippen LogP contribution in [-0.4, -0.2) is 0 Å². The Kier molecular flexibility index (Phi) is 3.03. The Bertz CT molecular complexity index is 435. The van der Waals surface area contributed by atoms with E-state index in [1.165, 1.54) is 0 Å². The molecule has 0 aliphatic carbocycles. The van der Waals surface area contributed by atoms with Gasteiger partial charge in [-0.3, -0.25) is 0 Å². The Morgan fingerprint density at radius 2 is 2.27 bits per heavy atom. The lowest BCUT2D eigenvalue weighted by molar-refractivity contribution is 0.221. The smallest absolute Gasteiger partial charge is 0.187 e. The van der Waals surface area contributed by atoms with Crippen LogP contribution in [0.5, 0.6) is 0 Å². The minimum atomic E-state index is 0.427. The van der Waals surface area contributed by atoms with Crippen LogP contribution in [0.15, 0.2) is 23.9 Å². The van der Waals surface area contributed by atoms with Crippen LogP contribution >= 0.6 is 23.2 Å². The Hall–Kier alpha value is -0.920. The minimum absolute atomic E-state index is 0.427. The molecule has 78 valence electrons. The second-order valence-electron chi connectivity index (χ2n) is 3.32. The molecule has 2 rings (SSSR count). The number of rotatable bonds is 2. The molecular weight excluding hydrogens is 231 g/mol. The number of hydrogen-bond donors (Lipinski definition) is 0. The van der Waals surface area contributed by atoms with E-state index < -0.39 is 0 Å². The van der Waals surface area contributed by atoms with Gasteiger partial charge in [0.2, 0.25) is 0 Å². The highest BCUT2D eigenvalue weighted by Gasteiger charge is 2.12. The topological polar surface area (TPSA) is 9.23 Å². The molecule has 3 heteroatoms. The van der Waals surface area contributed by atoms with Crippen molar-refractivity contribution < 1.29 is 4.74 Å². The van der Waals surface area contributed by atoms with Gasteiger partial charge in [0.05, 0.1) is 0 Å². The number of ether oxygens (including phenoxy) is 1. The van der Waals surface area contributed by atoms with Gasteiger partial charge < -0.3 is 4.74 Å². The van der Waals surface area contributed by atoms with Gasteiger partial charge in [0.1, 0.15) is 6.61 Å². The predicted octanol–water partition coefficient (Wildman–Crippen LogP) is 4.14. The van der Waals surface area contributed by atoms with Crippen LogP contribution in [0.2, 0.25) is 0 Å². The van der Waals surface area contributed by atoms with Gasteiger partial charge in [0.15, 0.2) is 5.22 Å². The third-order valence-electron chi connectivity index (χ3n) is 2.40. The molecule has 0 saturated carbocycles. The van der Waals surface area contributed by atoms with E-state index in [0.717, 1.165) is 22.3 Å². The molecule has 0 fully saturated rings. The highest BCUT2D eigenvalue weighted by Crippen LogP contribution is 2.28. The summed E-state index contributed by atoms with van der Waals surface area (Å²) in [4.78, 5) is 0. The first-order valence-electron chi connectivity index (χ1n) is 4.59. The van der Waals surface area contributed by atoms with E-state index in [1.807, 2.05) is 18.2 Å². The number of fused-ring (bicyclic) bond motifs is 1. The van der Waals surface area contributed by atoms with E-state index in [1.54, 1.807) is 6.08 Å². The fourth-order valence-electron chi connectivity index (χ4n) is 1.61. The fourth-order valence-corrected chi connectivity index (χ4v) is 2.01. The van der Waals surface area contributed by atoms with Crippen molar-refractivity contribution in [3.63, 3.8) is 0 Å². The van der Waals surface area contributed by atoms with Crippen molar-refractivity contribution in [1.29, 1.82) is 0 Å². The maximum Gasteiger partial charge on any atom is 0.187 e. The van der Waals surface area contributed by atoms with E-state index in [2.05, 4.69) is 6.58 Å². The maximum absolute atomic E-state index is 5.85. The van der Waals surface area contributed by atoms with Crippen LogP contribution in [0.3, 0.4) is 0 Å². The summed E-state index contributed by atoms with van der Waals surface area (Å²) in [7, 11) is 0. The molecule has 1 heterocycles. The van der Waals surface area contributed by atoms with Crippen LogP contribution in [-0.2, 0) is 17.2 Å². The summed E-state index contributed by atoms with van der Waals surface area (Å²) in [5, 5.41) is 0.427. The van der Waals surface area contributed by atoms with Crippen molar-refractivity contribution >= 4 is 35.4 Å². The lowest BCUT2D eigenvalue weighted by Crippen LogP contribution is -2.01. The number of halogens is 2. The summed E-state index contributed by atoms with van der Waals surface area (Å²) in [6.45, 7) is 4.27. The minimum Gasteiger partial charge on any atom is -0.478 e. The molecule has 1 aromatic carbocycles. The zero-order chi connectivity index (χ0) is 10.8. The summed E-state index contributed by atoms with van der Waals surface area (Å²) in [5.41, 5.74) is 4.31. The molecular formula is C12H10Cl2O. The van der Waals surface area contributed by atoms with Gasteiger partial charge in [0.25, 0.3) is 0 Å². The molecule has 1 nitrogen and oxygen atoms in total. The highest BCUT2D eigenvalue weighted by atomic mass is 35.5. The van der Waals surface area contributed by atoms with Crippen molar-refractivity contribution in [1.82, 2.24) is 0 Å². The zero-order valence-electron chi connectivity index (χ0n) is 8.09. The fraction of sp³-hybridized carbons (Fsp3) is 0.167. The monoisotopic (exact) mass is 240 g/mol. The summed E-state index contributed by atoms with van der Waals surface area (Å²) < 4.78 is 5.23. The van der Waals surface area contributed by atoms with Gasteiger partial charge in [0, 0.05) is 12.0 Å². The summed E-state index contributed by atoms with van der Waals surface area (Å²) in [5.74, 6) is 0.478. The molecule has 1 aliphatic heterocycles. The summed E-state index contributed by atoms with van der Waals surface area (Å²) in [6.07, 6.45) is 3.61. The van der Waals surface area contributed by atoms with E-state index in [4.69, 9.17) is 27.9 Å². The number of hydrogen-bond acceptors (Lipinski definition) is 1. The predicted molar refractivity (Wildman–Crippen MR) is 64.7 cm³/mol. The molecule has 0 saturated heterocycles. The average Bonchev–Trinajstić information content (AvgIpc) is 2.27. The van der Waals surface area contributed by atoms with Crippen LogP contribution in [0, 0.1) is 0 Å². The zero-order valence-corrected chi connectivity index (χ0v) is 9.61. The molecule has 0 aromatic heterocycles. The van der Waals surface area contributed by atoms with E-state index in [0.29, 0.717) is 17.7 Å². The first-order chi connectivity index (χ1) is 7.24. The molecule has 0 spiro atoms. The SMILES string of the molecule is C=Cc1cc2c(cc1CCl)COC(Cl)=C2. The standard InChI is InChI=1S/C12H10Cl2O/c1-2-8-3-9-5-12(14)15-7-11(9)4-10(8)6-13/h2-5H,1,6-7H2. The van der Waals surface area contributed by atoms with Crippen LogP contribution in [0.1, 0.15) is 22.3 Å². The Morgan fingerprint density at radius 1 is 1.47 bits per heavy atom. The first-order valence-corrected chi connectivity index (χ1v) is 5.50. The first kappa shape index (κ1) is 10.6. The number of alkyl halides is 1. The third-order valence-corrected chi connectivity index (χ3v) is 2.91. The van der Waals surface area contributed by atoms with Gasteiger partial charge in [-0.1, -0.05) is 12.7 Å². The lowest BCUT2D eigenvalue weighted by Gasteiger charge is -2.16. The van der Waals surface area contributed by atoms with Gasteiger partial charge >= 0.3 is 0 Å². The molecule has 1 aromatic rings. The summed E-state index contributed by atoms with van der Waals surface area (Å²) >= 11 is 11.7. The van der Waals surface area contributed by atoms with Crippen molar-refractivity contribution in [2.24, 2.45) is 0 Å². The molecule has 15 heavy (non-hydrogen) atoms. The van der Waals surface area contributed by atoms with Crippen LogP contribution < -0.4 is 0 Å². The second-order valence-corrected chi connectivity index (χ2v) is 3.96. The normalized spacial score (nSPS) is 13.9. The quantitative estimate of drug-likeness (QED) is 0.707. The van der Waals surface area contributed by atoms with Crippen molar-refractivity contribution in [3.8, 4) is 0 Å². The van der Waals surface area contributed by atoms with Crippen LogP contribution in [0.25, 0.3) is 12.2 Å². The van der Waals surface area contributed by atoms with Crippen LogP contribution in [0.4, 0.5) is 0 Å². The van der Waals surface area contributed by atoms with E-state index >= 15 is 0 Å². The third kappa shape index (κ3) is 2.04. The second kappa shape index (κ2) is 4.30. The van der Waals surface area contributed by atoms with E-state index in [9.17, 15) is 0 Å². The van der Waals surface area contributed by atoms with Gasteiger partial charge in [-0.25, -0.2) is 0 Å². The largest absolute Gasteiger partial charge is 0.478 e. The average molecular weight is 241 g/mol. The van der Waals surface area contributed by atoms with Crippen molar-refractivity contribution in [3.05, 3.63) is 46.2 Å². The molecule has 0 unspecified atom stereocenters. The van der Waals surface area contributed by atoms with Crippen molar-refractivity contribution in [2.45, 2.75) is 12.5 Å². The van der Waals surface area contributed by atoms with E-state index in [-0.39, 0.29) is 0 Å². The molecule has 0 N–H and O–H groups in total. The van der Waals surface area contributed by atoms with Crippen molar-refractivity contribution in [2.75, 3.05) is 0 Å². The van der Waals surface area contributed by atoms with Gasteiger partial charge in [-0.2, -0.15) is 0 Å². The molecule has 0 amide bonds. The molecule has 1 aliphatic rings. The highest BCUT2D eigenvalue weighted by molar-refractivity contribution is 6.30. The number of benzene rings is 1. The molecule has 0 radical (unpaired) electrons. The Balaban J connectivity index is 2.56. The summed E-state index contributed by atoms with van der Waals surface area (Å²) in [6, 6.07) is 4.07. The Morgan fingerprint density at radius 3 is 2.93 bits per heavy atom. The molecule has 0 atom stereocenters. The van der Waals surface area contributed by atoms with Gasteiger partial charge in [-0.05, 0) is 46.0 Å². The van der Waals surface area contributed by atoms with Gasteiger partial charge in [-0.15, -0.1) is 11.6 Å². The maximum atomic E-state index is 5.85. The Labute approximate surface area is 99.0 Å². The molecule has 0 bridgehead atoms. The lowest BCUT2D eigenvalue weighted by atomic mass is 9.98.